The average molecular weight is 493 g/mol. The number of aromatic carboxylic acids is 2. The highest BCUT2D eigenvalue weighted by Crippen LogP contribution is 2.59. The summed E-state index contributed by atoms with van der Waals surface area (Å²) in [5.74, 6) is 9.28. The van der Waals surface area contributed by atoms with E-state index in [0.29, 0.717) is 17.2 Å². The fourth-order valence-corrected chi connectivity index (χ4v) is 7.07. The fourth-order valence-electron chi connectivity index (χ4n) is 7.07. The standard InChI is InChI=1S/C32H28O5/c33-31(34)24-6-5-22(29(18-24)32(35)36)4-1-19-2-9-27(10-3-19)37-28-11-7-23(8-12-28)30-25-14-20-13-21(16-25)17-26(30)15-20/h2-3,5-12,18,20-21,25-26,30H,13-17H2,(H,33,34)(H,35,36). The maximum Gasteiger partial charge on any atom is 0.336 e. The monoisotopic (exact) mass is 492 g/mol. The number of carbonyl (C=O) groups is 2. The molecule has 0 radical (unpaired) electrons. The van der Waals surface area contributed by atoms with Crippen molar-refractivity contribution < 1.29 is 24.5 Å². The Morgan fingerprint density at radius 3 is 1.86 bits per heavy atom. The molecule has 4 bridgehead atoms. The molecule has 0 aliphatic heterocycles. The molecule has 2 N–H and O–H groups in total. The van der Waals surface area contributed by atoms with Crippen molar-refractivity contribution in [2.75, 3.05) is 0 Å². The van der Waals surface area contributed by atoms with Gasteiger partial charge in [-0.3, -0.25) is 0 Å². The molecule has 3 aromatic rings. The number of benzene rings is 3. The summed E-state index contributed by atoms with van der Waals surface area (Å²) in [5.41, 5.74) is 2.20. The lowest BCUT2D eigenvalue weighted by Crippen LogP contribution is -2.43. The highest BCUT2D eigenvalue weighted by molar-refractivity contribution is 5.95. The molecule has 5 heteroatoms. The molecular formula is C32H28O5. The van der Waals surface area contributed by atoms with E-state index in [-0.39, 0.29) is 16.7 Å². The van der Waals surface area contributed by atoms with Gasteiger partial charge in [0.15, 0.2) is 0 Å². The van der Waals surface area contributed by atoms with Gasteiger partial charge in [0.2, 0.25) is 0 Å². The van der Waals surface area contributed by atoms with Crippen molar-refractivity contribution in [1.82, 2.24) is 0 Å². The van der Waals surface area contributed by atoms with E-state index < -0.39 is 11.9 Å². The van der Waals surface area contributed by atoms with E-state index in [0.717, 1.165) is 35.5 Å². The summed E-state index contributed by atoms with van der Waals surface area (Å²) < 4.78 is 6.06. The van der Waals surface area contributed by atoms with Gasteiger partial charge >= 0.3 is 11.9 Å². The normalized spacial score (nSPS) is 25.2. The van der Waals surface area contributed by atoms with Crippen molar-refractivity contribution in [3.05, 3.63) is 94.5 Å². The quantitative estimate of drug-likeness (QED) is 0.382. The summed E-state index contributed by atoms with van der Waals surface area (Å²) in [6.45, 7) is 0. The first-order chi connectivity index (χ1) is 17.9. The molecule has 0 unspecified atom stereocenters. The molecule has 7 rings (SSSR count). The van der Waals surface area contributed by atoms with Crippen LogP contribution in [0.3, 0.4) is 0 Å². The van der Waals surface area contributed by atoms with Crippen LogP contribution in [0.2, 0.25) is 0 Å². The number of rotatable bonds is 5. The molecule has 0 aromatic heterocycles. The maximum absolute atomic E-state index is 11.5. The number of hydrogen-bond acceptors (Lipinski definition) is 3. The van der Waals surface area contributed by atoms with Crippen LogP contribution in [0.1, 0.15) is 75.4 Å². The predicted octanol–water partition coefficient (Wildman–Crippen LogP) is 6.81. The van der Waals surface area contributed by atoms with Crippen molar-refractivity contribution in [3.8, 4) is 23.3 Å². The third-order valence-electron chi connectivity index (χ3n) is 8.42. The first-order valence-corrected chi connectivity index (χ1v) is 12.9. The summed E-state index contributed by atoms with van der Waals surface area (Å²) in [7, 11) is 0. The van der Waals surface area contributed by atoms with Gasteiger partial charge in [0.1, 0.15) is 11.5 Å². The van der Waals surface area contributed by atoms with Gasteiger partial charge in [-0.1, -0.05) is 24.0 Å². The molecule has 0 amide bonds. The van der Waals surface area contributed by atoms with E-state index in [1.807, 2.05) is 24.3 Å². The Labute approximate surface area is 216 Å². The molecular weight excluding hydrogens is 464 g/mol. The Hall–Kier alpha value is -4.04. The molecule has 4 aliphatic carbocycles. The summed E-state index contributed by atoms with van der Waals surface area (Å²) in [5, 5.41) is 18.5. The van der Waals surface area contributed by atoms with Crippen molar-refractivity contribution in [1.29, 1.82) is 0 Å². The van der Waals surface area contributed by atoms with Crippen LogP contribution in [0.4, 0.5) is 0 Å². The zero-order valence-electron chi connectivity index (χ0n) is 20.4. The van der Waals surface area contributed by atoms with Crippen LogP contribution in [-0.2, 0) is 0 Å². The molecule has 0 saturated heterocycles. The molecule has 37 heavy (non-hydrogen) atoms. The summed E-state index contributed by atoms with van der Waals surface area (Å²) in [6.07, 6.45) is 7.12. The van der Waals surface area contributed by atoms with Crippen LogP contribution >= 0.6 is 0 Å². The van der Waals surface area contributed by atoms with Gasteiger partial charge in [-0.2, -0.15) is 0 Å². The van der Waals surface area contributed by atoms with E-state index >= 15 is 0 Å². The Kier molecular flexibility index (Phi) is 5.96. The van der Waals surface area contributed by atoms with E-state index in [1.165, 1.54) is 49.8 Å². The molecule has 186 valence electrons. The zero-order chi connectivity index (χ0) is 25.5. The SMILES string of the molecule is O=C(O)c1ccc(C#Cc2ccc(Oc3ccc(C4C5CC6CC(C5)CC4C6)cc3)cc2)c(C(=O)O)c1. The second kappa shape index (κ2) is 9.44. The number of carboxylic acid groups (broad SMARTS) is 2. The van der Waals surface area contributed by atoms with E-state index in [2.05, 4.69) is 36.1 Å². The molecule has 0 spiro atoms. The second-order valence-corrected chi connectivity index (χ2v) is 10.8. The van der Waals surface area contributed by atoms with E-state index in [1.54, 1.807) is 0 Å². The second-order valence-electron chi connectivity index (χ2n) is 10.8. The Morgan fingerprint density at radius 1 is 0.703 bits per heavy atom. The lowest BCUT2D eigenvalue weighted by atomic mass is 9.51. The first-order valence-electron chi connectivity index (χ1n) is 12.9. The first kappa shape index (κ1) is 23.4. The Morgan fingerprint density at radius 2 is 1.30 bits per heavy atom. The molecule has 0 heterocycles. The van der Waals surface area contributed by atoms with Crippen molar-refractivity contribution in [3.63, 3.8) is 0 Å². The van der Waals surface area contributed by atoms with Gasteiger partial charge in [0.25, 0.3) is 0 Å². The molecule has 0 atom stereocenters. The maximum atomic E-state index is 11.5. The van der Waals surface area contributed by atoms with Crippen LogP contribution in [0.25, 0.3) is 0 Å². The minimum Gasteiger partial charge on any atom is -0.478 e. The summed E-state index contributed by atoms with van der Waals surface area (Å²) in [4.78, 5) is 22.7. The summed E-state index contributed by atoms with van der Waals surface area (Å²) in [6, 6.07) is 19.8. The Balaban J connectivity index is 1.13. The lowest BCUT2D eigenvalue weighted by molar-refractivity contribution is -0.00279. The number of hydrogen-bond donors (Lipinski definition) is 2. The molecule has 3 aromatic carbocycles. The van der Waals surface area contributed by atoms with E-state index in [4.69, 9.17) is 9.84 Å². The topological polar surface area (TPSA) is 83.8 Å². The van der Waals surface area contributed by atoms with Crippen LogP contribution in [-0.4, -0.2) is 22.2 Å². The highest BCUT2D eigenvalue weighted by atomic mass is 16.5. The highest BCUT2D eigenvalue weighted by Gasteiger charge is 2.48. The van der Waals surface area contributed by atoms with Crippen LogP contribution in [0.5, 0.6) is 11.5 Å². The van der Waals surface area contributed by atoms with Gasteiger partial charge in [0, 0.05) is 11.1 Å². The fraction of sp³-hybridized carbons (Fsp3) is 0.312. The van der Waals surface area contributed by atoms with Gasteiger partial charge in [0.05, 0.1) is 11.1 Å². The van der Waals surface area contributed by atoms with Gasteiger partial charge in [-0.15, -0.1) is 0 Å². The molecule has 4 aliphatic rings. The Bertz CT molecular complexity index is 1380. The van der Waals surface area contributed by atoms with Crippen LogP contribution in [0, 0.1) is 35.5 Å². The minimum atomic E-state index is -1.22. The van der Waals surface area contributed by atoms with Crippen molar-refractivity contribution in [2.24, 2.45) is 23.7 Å². The third-order valence-corrected chi connectivity index (χ3v) is 8.42. The largest absolute Gasteiger partial charge is 0.478 e. The van der Waals surface area contributed by atoms with Gasteiger partial charge < -0.3 is 14.9 Å². The van der Waals surface area contributed by atoms with Gasteiger partial charge in [-0.05, 0) is 122 Å². The molecule has 5 nitrogen and oxygen atoms in total. The molecule has 4 saturated carbocycles. The van der Waals surface area contributed by atoms with Gasteiger partial charge in [-0.25, -0.2) is 9.59 Å². The number of carboxylic acids is 2. The number of ether oxygens (including phenoxy) is 1. The molecule has 4 fully saturated rings. The van der Waals surface area contributed by atoms with Crippen molar-refractivity contribution >= 4 is 11.9 Å². The predicted molar refractivity (Wildman–Crippen MR) is 139 cm³/mol. The lowest BCUT2D eigenvalue weighted by Gasteiger charge is -2.54. The van der Waals surface area contributed by atoms with Crippen LogP contribution in [0.15, 0.2) is 66.7 Å². The summed E-state index contributed by atoms with van der Waals surface area (Å²) >= 11 is 0. The smallest absolute Gasteiger partial charge is 0.336 e. The zero-order valence-corrected chi connectivity index (χ0v) is 20.4. The van der Waals surface area contributed by atoms with Crippen LogP contribution < -0.4 is 4.74 Å². The third kappa shape index (κ3) is 4.72. The minimum absolute atomic E-state index is 0.0875. The average Bonchev–Trinajstić information content (AvgIpc) is 2.88. The van der Waals surface area contributed by atoms with Crippen molar-refractivity contribution in [2.45, 2.75) is 38.0 Å². The van der Waals surface area contributed by atoms with E-state index in [9.17, 15) is 14.7 Å².